The van der Waals surface area contributed by atoms with Gasteiger partial charge in [0.1, 0.15) is 5.75 Å². The molecule has 1 aliphatic heterocycles. The van der Waals surface area contributed by atoms with Crippen LogP contribution in [0.2, 0.25) is 0 Å². The van der Waals surface area contributed by atoms with Gasteiger partial charge in [-0.3, -0.25) is 4.79 Å². The predicted molar refractivity (Wildman–Crippen MR) is 79.8 cm³/mol. The first-order chi connectivity index (χ1) is 9.19. The Hall–Kier alpha value is -1.68. The summed E-state index contributed by atoms with van der Waals surface area (Å²) < 4.78 is 5.25. The van der Waals surface area contributed by atoms with E-state index in [1.54, 1.807) is 37.1 Å². The van der Waals surface area contributed by atoms with E-state index in [0.717, 1.165) is 27.9 Å². The van der Waals surface area contributed by atoms with Crippen molar-refractivity contribution in [1.29, 1.82) is 0 Å². The van der Waals surface area contributed by atoms with Crippen LogP contribution in [0.1, 0.15) is 13.8 Å². The molecule has 0 unspecified atom stereocenters. The minimum atomic E-state index is 0.0169. The minimum Gasteiger partial charge on any atom is -0.497 e. The lowest BCUT2D eigenvalue weighted by Crippen LogP contribution is -2.17. The molecule has 100 valence electrons. The minimum absolute atomic E-state index is 0.0169. The third-order valence-electron chi connectivity index (χ3n) is 2.85. The molecule has 1 aromatic rings. The van der Waals surface area contributed by atoms with Crippen molar-refractivity contribution in [2.75, 3.05) is 18.6 Å². The molecule has 0 aromatic heterocycles. The van der Waals surface area contributed by atoms with E-state index in [2.05, 4.69) is 11.8 Å². The van der Waals surface area contributed by atoms with Gasteiger partial charge in [0, 0.05) is 23.6 Å². The normalized spacial score (nSPS) is 16.2. The molecule has 2 rings (SSSR count). The molecule has 4 heteroatoms. The Kier molecular flexibility index (Phi) is 4.32. The van der Waals surface area contributed by atoms with E-state index in [4.69, 9.17) is 4.74 Å². The van der Waals surface area contributed by atoms with Crippen molar-refractivity contribution in [2.24, 2.45) is 0 Å². The molecule has 0 amide bonds. The molecule has 1 aromatic carbocycles. The smallest absolute Gasteiger partial charge is 0.180 e. The summed E-state index contributed by atoms with van der Waals surface area (Å²) in [4.78, 5) is 15.0. The molecule has 0 saturated carbocycles. The quantitative estimate of drug-likeness (QED) is 0.785. The number of nitrogens with zero attached hydrogens (tertiary/aromatic N) is 1. The average Bonchev–Trinajstić information content (AvgIpc) is 2.74. The number of carbonyl (C=O) groups excluding carboxylic acids is 1. The van der Waals surface area contributed by atoms with E-state index in [9.17, 15) is 4.79 Å². The lowest BCUT2D eigenvalue weighted by Gasteiger charge is -2.18. The second kappa shape index (κ2) is 5.97. The zero-order chi connectivity index (χ0) is 13.8. The Labute approximate surface area is 117 Å². The molecular formula is C15H17NO2S. The number of allylic oxidation sites excluding steroid dienone is 3. The Balaban J connectivity index is 2.35. The van der Waals surface area contributed by atoms with E-state index < -0.39 is 0 Å². The molecule has 1 heterocycles. The van der Waals surface area contributed by atoms with E-state index in [0.29, 0.717) is 0 Å². The van der Waals surface area contributed by atoms with Gasteiger partial charge < -0.3 is 9.64 Å². The molecule has 0 spiro atoms. The fourth-order valence-corrected chi connectivity index (χ4v) is 3.12. The van der Waals surface area contributed by atoms with Crippen LogP contribution < -0.4 is 9.64 Å². The van der Waals surface area contributed by atoms with Crippen molar-refractivity contribution in [1.82, 2.24) is 0 Å². The largest absolute Gasteiger partial charge is 0.497 e. The molecule has 0 N–H and O–H groups in total. The summed E-state index contributed by atoms with van der Waals surface area (Å²) in [6.45, 7) is 4.74. The van der Waals surface area contributed by atoms with Crippen LogP contribution in [0.15, 0.2) is 46.4 Å². The second-order valence-electron chi connectivity index (χ2n) is 4.06. The summed E-state index contributed by atoms with van der Waals surface area (Å²) in [6.07, 6.45) is 5.01. The van der Waals surface area contributed by atoms with Crippen molar-refractivity contribution in [3.8, 4) is 5.75 Å². The van der Waals surface area contributed by atoms with E-state index in [1.165, 1.54) is 0 Å². The molecule has 0 radical (unpaired) electrons. The van der Waals surface area contributed by atoms with Gasteiger partial charge >= 0.3 is 0 Å². The molecule has 19 heavy (non-hydrogen) atoms. The summed E-state index contributed by atoms with van der Waals surface area (Å²) in [5, 5.41) is 0.967. The van der Waals surface area contributed by atoms with Gasteiger partial charge in [-0.05, 0) is 32.1 Å². The van der Waals surface area contributed by atoms with E-state index >= 15 is 0 Å². The van der Waals surface area contributed by atoms with Gasteiger partial charge in [-0.1, -0.05) is 17.8 Å². The third kappa shape index (κ3) is 2.84. The van der Waals surface area contributed by atoms with Crippen molar-refractivity contribution in [2.45, 2.75) is 18.7 Å². The summed E-state index contributed by atoms with van der Waals surface area (Å²) >= 11 is 1.62. The second-order valence-corrected chi connectivity index (χ2v) is 5.13. The van der Waals surface area contributed by atoms with Crippen LogP contribution in [0.4, 0.5) is 5.69 Å². The molecule has 0 atom stereocenters. The number of anilines is 1. The Bertz CT molecular complexity index is 549. The van der Waals surface area contributed by atoms with Gasteiger partial charge in [0.15, 0.2) is 5.78 Å². The fourth-order valence-electron chi connectivity index (χ4n) is 1.98. The first-order valence-corrected chi connectivity index (χ1v) is 7.03. The predicted octanol–water partition coefficient (Wildman–Crippen LogP) is 3.61. The maximum Gasteiger partial charge on any atom is 0.180 e. The SMILES string of the molecule is C/C=C/C(=O)C=C1Sc2ccc(OC)cc2N1CC. The molecule has 0 saturated heterocycles. The molecule has 1 aliphatic rings. The average molecular weight is 275 g/mol. The highest BCUT2D eigenvalue weighted by Gasteiger charge is 2.24. The van der Waals surface area contributed by atoms with Crippen LogP contribution in [0.3, 0.4) is 0 Å². The monoisotopic (exact) mass is 275 g/mol. The lowest BCUT2D eigenvalue weighted by molar-refractivity contribution is -0.110. The molecule has 0 fully saturated rings. The molecular weight excluding hydrogens is 258 g/mol. The molecule has 3 nitrogen and oxygen atoms in total. The Morgan fingerprint density at radius 2 is 2.26 bits per heavy atom. The number of carbonyl (C=O) groups is 1. The van der Waals surface area contributed by atoms with Crippen molar-refractivity contribution in [3.05, 3.63) is 41.5 Å². The van der Waals surface area contributed by atoms with Crippen LogP contribution >= 0.6 is 11.8 Å². The standard InChI is InChI=1S/C15H17NO2S/c1-4-6-11(17)9-15-16(5-2)13-10-12(18-3)7-8-14(13)19-15/h4,6-10H,5H2,1-3H3/b6-4+,15-9?. The number of ketones is 1. The van der Waals surface area contributed by atoms with Gasteiger partial charge in [-0.15, -0.1) is 0 Å². The molecule has 0 aliphatic carbocycles. The van der Waals surface area contributed by atoms with Crippen molar-refractivity contribution < 1.29 is 9.53 Å². The van der Waals surface area contributed by atoms with Crippen molar-refractivity contribution >= 4 is 23.2 Å². The number of fused-ring (bicyclic) bond motifs is 1. The first-order valence-electron chi connectivity index (χ1n) is 6.21. The summed E-state index contributed by atoms with van der Waals surface area (Å²) in [5.41, 5.74) is 1.10. The van der Waals surface area contributed by atoms with Crippen LogP contribution in [-0.2, 0) is 4.79 Å². The van der Waals surface area contributed by atoms with E-state index in [1.807, 2.05) is 25.1 Å². The van der Waals surface area contributed by atoms with E-state index in [-0.39, 0.29) is 5.78 Å². The Morgan fingerprint density at radius 1 is 1.47 bits per heavy atom. The van der Waals surface area contributed by atoms with Crippen LogP contribution in [0, 0.1) is 0 Å². The van der Waals surface area contributed by atoms with Gasteiger partial charge in [0.05, 0.1) is 17.8 Å². The highest BCUT2D eigenvalue weighted by atomic mass is 32.2. The number of rotatable bonds is 4. The number of hydrogen-bond donors (Lipinski definition) is 0. The van der Waals surface area contributed by atoms with Crippen LogP contribution in [-0.4, -0.2) is 19.4 Å². The summed E-state index contributed by atoms with van der Waals surface area (Å²) in [6, 6.07) is 5.98. The van der Waals surface area contributed by atoms with Crippen LogP contribution in [0.5, 0.6) is 5.75 Å². The number of hydrogen-bond acceptors (Lipinski definition) is 4. The Morgan fingerprint density at radius 3 is 2.89 bits per heavy atom. The highest BCUT2D eigenvalue weighted by molar-refractivity contribution is 8.03. The van der Waals surface area contributed by atoms with Gasteiger partial charge in [-0.25, -0.2) is 0 Å². The van der Waals surface area contributed by atoms with Gasteiger partial charge in [0.25, 0.3) is 0 Å². The maximum atomic E-state index is 11.7. The number of ether oxygens (including phenoxy) is 1. The summed E-state index contributed by atoms with van der Waals surface area (Å²) in [5.74, 6) is 0.849. The molecule has 0 bridgehead atoms. The van der Waals surface area contributed by atoms with Crippen LogP contribution in [0.25, 0.3) is 0 Å². The first kappa shape index (κ1) is 13.7. The van der Waals surface area contributed by atoms with Gasteiger partial charge in [-0.2, -0.15) is 0 Å². The lowest BCUT2D eigenvalue weighted by atomic mass is 10.2. The number of methoxy groups -OCH3 is 1. The number of benzene rings is 1. The number of thioether (sulfide) groups is 1. The zero-order valence-corrected chi connectivity index (χ0v) is 12.2. The topological polar surface area (TPSA) is 29.5 Å². The highest BCUT2D eigenvalue weighted by Crippen LogP contribution is 2.47. The van der Waals surface area contributed by atoms with Gasteiger partial charge in [0.2, 0.25) is 0 Å². The fraction of sp³-hybridized carbons (Fsp3) is 0.267. The third-order valence-corrected chi connectivity index (χ3v) is 3.96. The zero-order valence-electron chi connectivity index (χ0n) is 11.3. The maximum absolute atomic E-state index is 11.7. The summed E-state index contributed by atoms with van der Waals surface area (Å²) in [7, 11) is 1.66. The van der Waals surface area contributed by atoms with Crippen molar-refractivity contribution in [3.63, 3.8) is 0 Å².